The van der Waals surface area contributed by atoms with Gasteiger partial charge in [0, 0.05) is 27.2 Å². The van der Waals surface area contributed by atoms with Crippen LogP contribution < -0.4 is 15.4 Å². The van der Waals surface area contributed by atoms with Gasteiger partial charge in [0.2, 0.25) is 11.7 Å². The molecule has 0 spiro atoms. The minimum atomic E-state index is -5.00. The molecule has 1 saturated carbocycles. The van der Waals surface area contributed by atoms with E-state index in [1.165, 1.54) is 24.1 Å². The lowest BCUT2D eigenvalue weighted by Crippen LogP contribution is -2.29. The van der Waals surface area contributed by atoms with E-state index in [9.17, 15) is 22.8 Å². The van der Waals surface area contributed by atoms with Crippen LogP contribution in [0.5, 0.6) is 0 Å². The number of carbonyl (C=O) groups excluding carboxylic acids is 2. The summed E-state index contributed by atoms with van der Waals surface area (Å²) in [5.41, 5.74) is 2.12. The molecule has 0 radical (unpaired) electrons. The molecule has 2 amide bonds. The SMILES string of the molecule is CC1(C(=O)Nc2cccc(NSc3ccc(-c4noc(-c5ccc(NC(=O)C(F)(F)F)cn5)n4)cc3)c2)CC1. The maximum atomic E-state index is 12.4. The monoisotopic (exact) mass is 554 g/mol. The second kappa shape index (κ2) is 10.4. The molecule has 5 rings (SSSR count). The Kier molecular flexibility index (Phi) is 7.00. The lowest BCUT2D eigenvalue weighted by atomic mass is 10.1. The molecule has 2 aromatic heterocycles. The number of nitrogens with one attached hydrogen (secondary N) is 3. The highest BCUT2D eigenvalue weighted by Crippen LogP contribution is 2.45. The van der Waals surface area contributed by atoms with Crippen LogP contribution in [-0.4, -0.2) is 33.1 Å². The van der Waals surface area contributed by atoms with Crippen LogP contribution in [0.4, 0.5) is 30.2 Å². The van der Waals surface area contributed by atoms with Crippen molar-refractivity contribution < 1.29 is 27.3 Å². The maximum absolute atomic E-state index is 12.4. The minimum absolute atomic E-state index is 0.0368. The highest BCUT2D eigenvalue weighted by molar-refractivity contribution is 8.00. The van der Waals surface area contributed by atoms with Gasteiger partial charge in [-0.05, 0) is 79.4 Å². The number of halogens is 3. The number of anilines is 3. The van der Waals surface area contributed by atoms with Crippen LogP contribution in [0.15, 0.2) is 76.3 Å². The predicted molar refractivity (Wildman–Crippen MR) is 140 cm³/mol. The van der Waals surface area contributed by atoms with Crippen molar-refractivity contribution in [3.63, 3.8) is 0 Å². The number of amides is 2. The molecule has 0 saturated heterocycles. The van der Waals surface area contributed by atoms with Crippen molar-refractivity contribution in [3.05, 3.63) is 66.9 Å². The van der Waals surface area contributed by atoms with Crippen molar-refractivity contribution in [2.75, 3.05) is 15.4 Å². The number of rotatable bonds is 8. The quantitative estimate of drug-likeness (QED) is 0.222. The van der Waals surface area contributed by atoms with Crippen LogP contribution in [0.25, 0.3) is 23.0 Å². The zero-order valence-corrected chi connectivity index (χ0v) is 21.2. The summed E-state index contributed by atoms with van der Waals surface area (Å²) in [6.45, 7) is 1.96. The Morgan fingerprint density at radius 2 is 1.72 bits per heavy atom. The van der Waals surface area contributed by atoms with E-state index >= 15 is 0 Å². The molecule has 200 valence electrons. The molecule has 2 aromatic carbocycles. The lowest BCUT2D eigenvalue weighted by molar-refractivity contribution is -0.167. The van der Waals surface area contributed by atoms with Crippen molar-refractivity contribution in [2.24, 2.45) is 5.41 Å². The van der Waals surface area contributed by atoms with Gasteiger partial charge >= 0.3 is 12.1 Å². The van der Waals surface area contributed by atoms with Crippen molar-refractivity contribution in [2.45, 2.75) is 30.8 Å². The van der Waals surface area contributed by atoms with Crippen LogP contribution in [0.1, 0.15) is 19.8 Å². The molecule has 0 bridgehead atoms. The summed E-state index contributed by atoms with van der Waals surface area (Å²) in [4.78, 5) is 32.5. The summed E-state index contributed by atoms with van der Waals surface area (Å²) >= 11 is 1.39. The molecule has 0 unspecified atom stereocenters. The maximum Gasteiger partial charge on any atom is 0.471 e. The Morgan fingerprint density at radius 1 is 0.974 bits per heavy atom. The predicted octanol–water partition coefficient (Wildman–Crippen LogP) is 6.16. The van der Waals surface area contributed by atoms with Crippen molar-refractivity contribution in [1.82, 2.24) is 15.1 Å². The van der Waals surface area contributed by atoms with Crippen LogP contribution in [0, 0.1) is 5.41 Å². The van der Waals surface area contributed by atoms with Crippen LogP contribution in [-0.2, 0) is 9.59 Å². The van der Waals surface area contributed by atoms with Crippen molar-refractivity contribution in [3.8, 4) is 23.0 Å². The van der Waals surface area contributed by atoms with Crippen LogP contribution in [0.3, 0.4) is 0 Å². The Bertz CT molecular complexity index is 1500. The van der Waals surface area contributed by atoms with Crippen molar-refractivity contribution >= 4 is 40.8 Å². The second-order valence-electron chi connectivity index (χ2n) is 9.13. The Morgan fingerprint density at radius 3 is 2.38 bits per heavy atom. The van der Waals surface area contributed by atoms with E-state index < -0.39 is 12.1 Å². The standard InChI is InChI=1S/C26H21F3N6O3S/c1-25(11-12-25)23(36)31-16-3-2-4-17(13-16)35-39-19-8-5-15(6-9-19)21-33-22(38-34-21)20-10-7-18(14-30-20)32-24(37)26(27,28)29/h2-10,13-14,35H,11-12H2,1H3,(H,31,36)(H,32,37). The number of carbonyl (C=O) groups is 2. The molecule has 13 heteroatoms. The first-order valence-electron chi connectivity index (χ1n) is 11.7. The average molecular weight is 555 g/mol. The van der Waals surface area contributed by atoms with Crippen LogP contribution >= 0.6 is 11.9 Å². The second-order valence-corrected chi connectivity index (χ2v) is 10.0. The molecule has 1 aliphatic carbocycles. The fraction of sp³-hybridized carbons (Fsp3) is 0.192. The molecular weight excluding hydrogens is 533 g/mol. The van der Waals surface area contributed by atoms with Gasteiger partial charge in [0.15, 0.2) is 0 Å². The van der Waals surface area contributed by atoms with E-state index in [4.69, 9.17) is 4.52 Å². The number of hydrogen-bond donors (Lipinski definition) is 3. The van der Waals surface area contributed by atoms with Gasteiger partial charge in [-0.25, -0.2) is 4.98 Å². The van der Waals surface area contributed by atoms with Crippen molar-refractivity contribution in [1.29, 1.82) is 0 Å². The number of aromatic nitrogens is 3. The number of pyridine rings is 1. The number of alkyl halides is 3. The smallest absolute Gasteiger partial charge is 0.332 e. The number of nitrogens with zero attached hydrogens (tertiary/aromatic N) is 3. The van der Waals surface area contributed by atoms with Gasteiger partial charge in [0.25, 0.3) is 5.89 Å². The molecule has 0 aliphatic heterocycles. The molecule has 4 aromatic rings. The molecule has 1 aliphatic rings. The van der Waals surface area contributed by atoms with Gasteiger partial charge in [-0.15, -0.1) is 0 Å². The molecule has 2 heterocycles. The van der Waals surface area contributed by atoms with E-state index in [1.807, 2.05) is 55.5 Å². The number of hydrogen-bond acceptors (Lipinski definition) is 8. The van der Waals surface area contributed by atoms with E-state index in [0.29, 0.717) is 11.4 Å². The summed E-state index contributed by atoms with van der Waals surface area (Å²) in [6.07, 6.45) is -2.11. The molecule has 3 N–H and O–H groups in total. The Hall–Kier alpha value is -4.39. The first-order valence-corrected chi connectivity index (χ1v) is 12.5. The van der Waals surface area contributed by atoms with E-state index in [0.717, 1.165) is 35.3 Å². The summed E-state index contributed by atoms with van der Waals surface area (Å²) in [5, 5.41) is 8.63. The van der Waals surface area contributed by atoms with E-state index in [1.54, 1.807) is 5.32 Å². The van der Waals surface area contributed by atoms with E-state index in [2.05, 4.69) is 25.2 Å². The fourth-order valence-electron chi connectivity index (χ4n) is 3.39. The molecule has 0 atom stereocenters. The highest BCUT2D eigenvalue weighted by atomic mass is 32.2. The first-order chi connectivity index (χ1) is 18.6. The summed E-state index contributed by atoms with van der Waals surface area (Å²) < 4.78 is 45.7. The third-order valence-electron chi connectivity index (χ3n) is 5.99. The number of benzene rings is 2. The average Bonchev–Trinajstić information content (AvgIpc) is 3.48. The van der Waals surface area contributed by atoms with E-state index in [-0.39, 0.29) is 28.6 Å². The van der Waals surface area contributed by atoms with Crippen LogP contribution in [0.2, 0.25) is 0 Å². The van der Waals surface area contributed by atoms with Gasteiger partial charge in [-0.2, -0.15) is 18.2 Å². The van der Waals surface area contributed by atoms with Gasteiger partial charge in [-0.1, -0.05) is 18.1 Å². The Labute approximate surface area is 224 Å². The van der Waals surface area contributed by atoms with Gasteiger partial charge in [0.05, 0.1) is 11.9 Å². The highest BCUT2D eigenvalue weighted by Gasteiger charge is 2.44. The third kappa shape index (κ3) is 6.37. The topological polar surface area (TPSA) is 122 Å². The summed E-state index contributed by atoms with van der Waals surface area (Å²) in [5.74, 6) is -1.68. The molecule has 39 heavy (non-hydrogen) atoms. The minimum Gasteiger partial charge on any atom is -0.332 e. The molecular formula is C26H21F3N6O3S. The first kappa shape index (κ1) is 26.2. The lowest BCUT2D eigenvalue weighted by Gasteiger charge is -2.12. The fourth-order valence-corrected chi connectivity index (χ4v) is 4.02. The third-order valence-corrected chi connectivity index (χ3v) is 6.84. The van der Waals surface area contributed by atoms with Gasteiger partial charge < -0.3 is 19.9 Å². The molecule has 9 nitrogen and oxygen atoms in total. The van der Waals surface area contributed by atoms with Gasteiger partial charge in [0.1, 0.15) is 5.69 Å². The molecule has 1 fully saturated rings. The van der Waals surface area contributed by atoms with Gasteiger partial charge in [-0.3, -0.25) is 9.59 Å². The normalized spacial score (nSPS) is 13.9. The summed E-state index contributed by atoms with van der Waals surface area (Å²) in [6, 6.07) is 17.5. The zero-order chi connectivity index (χ0) is 27.6. The Balaban J connectivity index is 1.18. The largest absolute Gasteiger partial charge is 0.471 e. The zero-order valence-electron chi connectivity index (χ0n) is 20.4. The summed E-state index contributed by atoms with van der Waals surface area (Å²) in [7, 11) is 0.